The van der Waals surface area contributed by atoms with E-state index in [1.165, 1.54) is 0 Å². The molecule has 18 heavy (non-hydrogen) atoms. The highest BCUT2D eigenvalue weighted by atomic mass is 32.1. The van der Waals surface area contributed by atoms with E-state index in [-0.39, 0.29) is 6.61 Å². The summed E-state index contributed by atoms with van der Waals surface area (Å²) in [7, 11) is 0. The van der Waals surface area contributed by atoms with E-state index in [4.69, 9.17) is 5.11 Å². The Hall–Kier alpha value is -0.650. The molecular weight excluding hydrogens is 246 g/mol. The molecule has 0 spiro atoms. The molecule has 0 amide bonds. The van der Waals surface area contributed by atoms with Crippen LogP contribution < -0.4 is 10.2 Å². The van der Waals surface area contributed by atoms with Gasteiger partial charge in [-0.3, -0.25) is 0 Å². The van der Waals surface area contributed by atoms with E-state index in [0.29, 0.717) is 12.0 Å². The first-order valence-corrected chi connectivity index (χ1v) is 7.58. The maximum absolute atomic E-state index is 9.00. The van der Waals surface area contributed by atoms with Crippen LogP contribution in [0.4, 0.5) is 5.13 Å². The van der Waals surface area contributed by atoms with Crippen molar-refractivity contribution in [1.82, 2.24) is 10.3 Å². The highest BCUT2D eigenvalue weighted by molar-refractivity contribution is 7.13. The molecule has 1 aliphatic rings. The normalized spacial score (nSPS) is 19.2. The Kier molecular flexibility index (Phi) is 4.97. The number of nitrogens with zero attached hydrogens (tertiary/aromatic N) is 2. The molecule has 0 saturated carbocycles. The van der Waals surface area contributed by atoms with Crippen molar-refractivity contribution in [3.05, 3.63) is 11.1 Å². The van der Waals surface area contributed by atoms with E-state index < -0.39 is 0 Å². The lowest BCUT2D eigenvalue weighted by atomic mass is 10.0. The predicted molar refractivity (Wildman–Crippen MR) is 76.3 cm³/mol. The van der Waals surface area contributed by atoms with Gasteiger partial charge in [0, 0.05) is 37.7 Å². The number of rotatable bonds is 5. The Labute approximate surface area is 113 Å². The first-order chi connectivity index (χ1) is 8.69. The average molecular weight is 269 g/mol. The molecule has 1 fully saturated rings. The SMILES string of the molecule is Cc1csc(N2CCC(NCC(C)CO)CC2)n1. The summed E-state index contributed by atoms with van der Waals surface area (Å²) < 4.78 is 0. The summed E-state index contributed by atoms with van der Waals surface area (Å²) in [5.41, 5.74) is 1.12. The van der Waals surface area contributed by atoms with Crippen LogP contribution in [0, 0.1) is 12.8 Å². The Morgan fingerprint density at radius 3 is 2.83 bits per heavy atom. The van der Waals surface area contributed by atoms with Crippen LogP contribution in [0.5, 0.6) is 0 Å². The number of aromatic nitrogens is 1. The fraction of sp³-hybridized carbons (Fsp3) is 0.769. The van der Waals surface area contributed by atoms with Crippen molar-refractivity contribution in [3.8, 4) is 0 Å². The third-order valence-corrected chi connectivity index (χ3v) is 4.46. The van der Waals surface area contributed by atoms with Crippen molar-refractivity contribution in [1.29, 1.82) is 0 Å². The molecule has 1 unspecified atom stereocenters. The number of anilines is 1. The van der Waals surface area contributed by atoms with Crippen LogP contribution in [0.3, 0.4) is 0 Å². The van der Waals surface area contributed by atoms with Crippen molar-refractivity contribution in [2.45, 2.75) is 32.7 Å². The third kappa shape index (κ3) is 3.67. The van der Waals surface area contributed by atoms with Gasteiger partial charge < -0.3 is 15.3 Å². The third-order valence-electron chi connectivity index (χ3n) is 3.44. The minimum atomic E-state index is 0.268. The van der Waals surface area contributed by atoms with Gasteiger partial charge in [0.2, 0.25) is 0 Å². The number of hydrogen-bond acceptors (Lipinski definition) is 5. The van der Waals surface area contributed by atoms with Crippen LogP contribution in [0.25, 0.3) is 0 Å². The first kappa shape index (κ1) is 13.8. The van der Waals surface area contributed by atoms with Crippen molar-refractivity contribution < 1.29 is 5.11 Å². The van der Waals surface area contributed by atoms with E-state index in [9.17, 15) is 0 Å². The van der Waals surface area contributed by atoms with E-state index in [2.05, 4.69) is 27.5 Å². The maximum atomic E-state index is 9.00. The van der Waals surface area contributed by atoms with Crippen LogP contribution in [-0.4, -0.2) is 42.4 Å². The Balaban J connectivity index is 1.74. The van der Waals surface area contributed by atoms with Gasteiger partial charge in [0.05, 0.1) is 5.69 Å². The monoisotopic (exact) mass is 269 g/mol. The van der Waals surface area contributed by atoms with E-state index in [1.54, 1.807) is 11.3 Å². The van der Waals surface area contributed by atoms with Gasteiger partial charge in [-0.15, -0.1) is 11.3 Å². The molecule has 5 heteroatoms. The Bertz CT molecular complexity index is 361. The van der Waals surface area contributed by atoms with E-state index in [0.717, 1.165) is 43.3 Å². The van der Waals surface area contributed by atoms with Gasteiger partial charge in [-0.2, -0.15) is 0 Å². The Morgan fingerprint density at radius 1 is 1.56 bits per heavy atom. The summed E-state index contributed by atoms with van der Waals surface area (Å²) >= 11 is 1.74. The number of hydrogen-bond donors (Lipinski definition) is 2. The lowest BCUT2D eigenvalue weighted by molar-refractivity contribution is 0.227. The van der Waals surface area contributed by atoms with Crippen LogP contribution in [0.15, 0.2) is 5.38 Å². The molecule has 102 valence electrons. The number of aliphatic hydroxyl groups excluding tert-OH is 1. The minimum absolute atomic E-state index is 0.268. The average Bonchev–Trinajstić information content (AvgIpc) is 2.83. The molecule has 0 bridgehead atoms. The number of thiazole rings is 1. The van der Waals surface area contributed by atoms with Crippen molar-refractivity contribution >= 4 is 16.5 Å². The van der Waals surface area contributed by atoms with E-state index in [1.807, 2.05) is 6.92 Å². The van der Waals surface area contributed by atoms with Gasteiger partial charge in [0.25, 0.3) is 0 Å². The molecule has 1 aliphatic heterocycles. The van der Waals surface area contributed by atoms with Gasteiger partial charge in [0.15, 0.2) is 5.13 Å². The van der Waals surface area contributed by atoms with E-state index >= 15 is 0 Å². The molecule has 0 aliphatic carbocycles. The lowest BCUT2D eigenvalue weighted by Gasteiger charge is -2.32. The molecule has 0 aromatic carbocycles. The Morgan fingerprint density at radius 2 is 2.28 bits per heavy atom. The molecule has 1 atom stereocenters. The standard InChI is InChI=1S/C13H23N3OS/c1-10(8-17)7-14-12-3-5-16(6-4-12)13-15-11(2)9-18-13/h9-10,12,14,17H,3-8H2,1-2H3. The minimum Gasteiger partial charge on any atom is -0.396 e. The van der Waals surface area contributed by atoms with Gasteiger partial charge in [0.1, 0.15) is 0 Å². The zero-order valence-corrected chi connectivity index (χ0v) is 12.0. The van der Waals surface area contributed by atoms with Crippen molar-refractivity contribution in [3.63, 3.8) is 0 Å². The second-order valence-electron chi connectivity index (χ2n) is 5.23. The highest BCUT2D eigenvalue weighted by Crippen LogP contribution is 2.23. The number of aryl methyl sites for hydroxylation is 1. The quantitative estimate of drug-likeness (QED) is 0.853. The van der Waals surface area contributed by atoms with Crippen molar-refractivity contribution in [2.24, 2.45) is 5.92 Å². The number of piperidine rings is 1. The molecule has 4 nitrogen and oxygen atoms in total. The summed E-state index contributed by atoms with van der Waals surface area (Å²) in [6, 6.07) is 0.594. The van der Waals surface area contributed by atoms with Crippen LogP contribution in [0.1, 0.15) is 25.5 Å². The summed E-state index contributed by atoms with van der Waals surface area (Å²) in [6.07, 6.45) is 2.33. The second-order valence-corrected chi connectivity index (χ2v) is 6.07. The van der Waals surface area contributed by atoms with Crippen molar-refractivity contribution in [2.75, 3.05) is 31.1 Å². The molecule has 1 aromatic rings. The second kappa shape index (κ2) is 6.50. The molecule has 1 aromatic heterocycles. The predicted octanol–water partition coefficient (Wildman–Crippen LogP) is 1.64. The molecule has 1 saturated heterocycles. The molecular formula is C13H23N3OS. The fourth-order valence-electron chi connectivity index (χ4n) is 2.19. The topological polar surface area (TPSA) is 48.4 Å². The van der Waals surface area contributed by atoms with Crippen LogP contribution in [0.2, 0.25) is 0 Å². The number of nitrogens with one attached hydrogen (secondary N) is 1. The zero-order chi connectivity index (χ0) is 13.0. The van der Waals surface area contributed by atoms with Gasteiger partial charge in [-0.25, -0.2) is 4.98 Å². The van der Waals surface area contributed by atoms with Gasteiger partial charge in [-0.1, -0.05) is 6.92 Å². The van der Waals surface area contributed by atoms with Gasteiger partial charge >= 0.3 is 0 Å². The molecule has 2 N–H and O–H groups in total. The maximum Gasteiger partial charge on any atom is 0.185 e. The fourth-order valence-corrected chi connectivity index (χ4v) is 3.05. The zero-order valence-electron chi connectivity index (χ0n) is 11.2. The van der Waals surface area contributed by atoms with Crippen LogP contribution >= 0.6 is 11.3 Å². The largest absolute Gasteiger partial charge is 0.396 e. The summed E-state index contributed by atoms with van der Waals surface area (Å²) in [6.45, 7) is 7.46. The molecule has 2 rings (SSSR count). The summed E-state index contributed by atoms with van der Waals surface area (Å²) in [5.74, 6) is 0.352. The van der Waals surface area contributed by atoms with Gasteiger partial charge in [-0.05, 0) is 25.7 Å². The summed E-state index contributed by atoms with van der Waals surface area (Å²) in [4.78, 5) is 6.92. The first-order valence-electron chi connectivity index (χ1n) is 6.70. The molecule has 2 heterocycles. The highest BCUT2D eigenvalue weighted by Gasteiger charge is 2.20. The molecule has 0 radical (unpaired) electrons. The van der Waals surface area contributed by atoms with Crippen LogP contribution in [-0.2, 0) is 0 Å². The number of aliphatic hydroxyl groups is 1. The lowest BCUT2D eigenvalue weighted by Crippen LogP contribution is -2.44. The smallest absolute Gasteiger partial charge is 0.185 e. The summed E-state index contributed by atoms with van der Waals surface area (Å²) in [5, 5.41) is 15.8.